The minimum Gasteiger partial charge on any atom is -0.501 e. The molecule has 0 unspecified atom stereocenters. The van der Waals surface area contributed by atoms with E-state index in [-0.39, 0.29) is 17.7 Å². The Balaban J connectivity index is 1.34. The van der Waals surface area contributed by atoms with Crippen LogP contribution < -0.4 is 24.7 Å². The molecular formula is C22H19B4FN4O4. The molecule has 4 heterocycles. The predicted molar refractivity (Wildman–Crippen MR) is 131 cm³/mol. The Hall–Kier alpha value is -3.10. The van der Waals surface area contributed by atoms with Crippen LogP contribution in [0.15, 0.2) is 35.3 Å². The van der Waals surface area contributed by atoms with Crippen molar-refractivity contribution < 1.29 is 18.6 Å². The molecule has 8 radical (unpaired) electrons. The van der Waals surface area contributed by atoms with Gasteiger partial charge in [-0.3, -0.25) is 4.79 Å². The van der Waals surface area contributed by atoms with Gasteiger partial charge in [0.1, 0.15) is 43.2 Å². The molecule has 1 saturated heterocycles. The fraction of sp³-hybridized carbons (Fsp3) is 0.409. The standard InChI is InChI=1S/C22H19B4FN4O4/c1-11-7-14(9-15-19(11)35-22(25,26)21(23,24)34-15)33-13-4-6-30(16(27)10-13)20-12(2)8-17-28-5-3-18(32)31(17)29-20/h3,5,7-9,13,16H,4,6,10H2,1-2H3/t13-,16-/m0/s1. The third-order valence-corrected chi connectivity index (χ3v) is 6.18. The van der Waals surface area contributed by atoms with Crippen molar-refractivity contribution >= 4 is 42.9 Å². The van der Waals surface area contributed by atoms with E-state index in [1.807, 2.05) is 0 Å². The van der Waals surface area contributed by atoms with E-state index in [1.54, 1.807) is 32.0 Å². The first kappa shape index (κ1) is 23.6. The maximum absolute atomic E-state index is 15.3. The van der Waals surface area contributed by atoms with Gasteiger partial charge in [0.25, 0.3) is 5.56 Å². The van der Waals surface area contributed by atoms with Crippen LogP contribution in [0.2, 0.25) is 0 Å². The average Bonchev–Trinajstić information content (AvgIpc) is 2.75. The second-order valence-corrected chi connectivity index (χ2v) is 8.95. The third-order valence-electron chi connectivity index (χ3n) is 6.18. The van der Waals surface area contributed by atoms with E-state index in [0.29, 0.717) is 41.5 Å². The molecule has 2 aliphatic heterocycles. The van der Waals surface area contributed by atoms with Gasteiger partial charge in [-0.05, 0) is 37.1 Å². The van der Waals surface area contributed by atoms with Crippen molar-refractivity contribution in [1.29, 1.82) is 0 Å². The largest absolute Gasteiger partial charge is 0.501 e. The number of alkyl halides is 1. The fourth-order valence-corrected chi connectivity index (χ4v) is 4.25. The highest BCUT2D eigenvalue weighted by atomic mass is 19.1. The Morgan fingerprint density at radius 3 is 2.60 bits per heavy atom. The van der Waals surface area contributed by atoms with E-state index in [2.05, 4.69) is 10.1 Å². The van der Waals surface area contributed by atoms with Crippen LogP contribution in [0.25, 0.3) is 5.65 Å². The molecule has 5 rings (SSSR count). The molecule has 0 amide bonds. The van der Waals surface area contributed by atoms with Gasteiger partial charge in [0.15, 0.2) is 29.3 Å². The van der Waals surface area contributed by atoms with Crippen molar-refractivity contribution in [2.75, 3.05) is 11.4 Å². The summed E-state index contributed by atoms with van der Waals surface area (Å²) in [7, 11) is 23.4. The molecule has 3 aromatic rings. The average molecular weight is 466 g/mol. The van der Waals surface area contributed by atoms with Gasteiger partial charge in [0, 0.05) is 48.5 Å². The minimum atomic E-state index is -1.97. The summed E-state index contributed by atoms with van der Waals surface area (Å²) in [6, 6.07) is 6.29. The number of hydrogen-bond donors (Lipinski definition) is 0. The van der Waals surface area contributed by atoms with Crippen LogP contribution in [0, 0.1) is 13.8 Å². The second kappa shape index (κ2) is 8.24. The first-order valence-electron chi connectivity index (χ1n) is 11.1. The van der Waals surface area contributed by atoms with Crippen LogP contribution >= 0.6 is 0 Å². The zero-order valence-electron chi connectivity index (χ0n) is 19.3. The number of anilines is 1. The van der Waals surface area contributed by atoms with E-state index in [9.17, 15) is 4.79 Å². The van der Waals surface area contributed by atoms with Crippen LogP contribution in [0.5, 0.6) is 17.2 Å². The molecular weight excluding hydrogens is 447 g/mol. The molecule has 2 atom stereocenters. The molecule has 1 fully saturated rings. The highest BCUT2D eigenvalue weighted by Crippen LogP contribution is 2.44. The number of nitrogens with zero attached hydrogens (tertiary/aromatic N) is 4. The van der Waals surface area contributed by atoms with Crippen molar-refractivity contribution in [2.45, 2.75) is 49.9 Å². The Kier molecular flexibility index (Phi) is 5.56. The van der Waals surface area contributed by atoms with E-state index in [1.165, 1.54) is 21.7 Å². The molecule has 1 aromatic carbocycles. The molecule has 35 heavy (non-hydrogen) atoms. The molecule has 2 aliphatic rings. The van der Waals surface area contributed by atoms with Gasteiger partial charge in [0.2, 0.25) is 0 Å². The lowest BCUT2D eigenvalue weighted by Crippen LogP contribution is -2.65. The Morgan fingerprint density at radius 2 is 1.86 bits per heavy atom. The van der Waals surface area contributed by atoms with E-state index in [0.717, 1.165) is 5.56 Å². The number of hydrogen-bond acceptors (Lipinski definition) is 7. The quantitative estimate of drug-likeness (QED) is 0.418. The summed E-state index contributed by atoms with van der Waals surface area (Å²) in [5.41, 5.74) is 1.43. The van der Waals surface area contributed by atoms with E-state index in [4.69, 9.17) is 45.6 Å². The lowest BCUT2D eigenvalue weighted by molar-refractivity contribution is 0.0596. The van der Waals surface area contributed by atoms with E-state index < -0.39 is 23.2 Å². The first-order valence-corrected chi connectivity index (χ1v) is 11.1. The van der Waals surface area contributed by atoms with Gasteiger partial charge in [-0.1, -0.05) is 0 Å². The Labute approximate surface area is 206 Å². The number of fused-ring (bicyclic) bond motifs is 2. The number of rotatable bonds is 3. The van der Waals surface area contributed by atoms with Crippen LogP contribution in [-0.4, -0.2) is 75.7 Å². The molecule has 2 aromatic heterocycles. The summed E-state index contributed by atoms with van der Waals surface area (Å²) in [6.45, 7) is 3.90. The lowest BCUT2D eigenvalue weighted by Gasteiger charge is -2.49. The molecule has 170 valence electrons. The zero-order valence-corrected chi connectivity index (χ0v) is 19.3. The molecule has 0 N–H and O–H groups in total. The number of benzene rings is 1. The number of halogens is 1. The van der Waals surface area contributed by atoms with Crippen molar-refractivity contribution in [3.05, 3.63) is 51.9 Å². The molecule has 13 heteroatoms. The smallest absolute Gasteiger partial charge is 0.274 e. The number of piperidine rings is 1. The number of aryl methyl sites for hydroxylation is 2. The summed E-state index contributed by atoms with van der Waals surface area (Å²) >= 11 is 0. The Morgan fingerprint density at radius 1 is 1.11 bits per heavy atom. The maximum atomic E-state index is 15.3. The predicted octanol–water partition coefficient (Wildman–Crippen LogP) is 0.803. The SMILES string of the molecule is [B]C1([B])Oc2cc(O[C@H]3CCN(c4nn5c(=O)ccnc5cc4C)[C@H](F)C3)cc(C)c2OC1([B])[B]. The van der Waals surface area contributed by atoms with Gasteiger partial charge in [-0.25, -0.2) is 9.37 Å². The van der Waals surface area contributed by atoms with Crippen LogP contribution in [0.4, 0.5) is 10.2 Å². The van der Waals surface area contributed by atoms with Gasteiger partial charge in [0.05, 0.1) is 0 Å². The number of aromatic nitrogens is 3. The monoisotopic (exact) mass is 466 g/mol. The van der Waals surface area contributed by atoms with Gasteiger partial charge in [-0.15, -0.1) is 5.10 Å². The second-order valence-electron chi connectivity index (χ2n) is 8.95. The molecule has 8 nitrogen and oxygen atoms in total. The third kappa shape index (κ3) is 4.15. The van der Waals surface area contributed by atoms with Crippen LogP contribution in [-0.2, 0) is 0 Å². The highest BCUT2D eigenvalue weighted by molar-refractivity contribution is 6.53. The van der Waals surface area contributed by atoms with Crippen molar-refractivity contribution in [3.8, 4) is 17.2 Å². The fourth-order valence-electron chi connectivity index (χ4n) is 4.25. The van der Waals surface area contributed by atoms with Gasteiger partial charge in [-0.2, -0.15) is 4.52 Å². The van der Waals surface area contributed by atoms with Crippen molar-refractivity contribution in [1.82, 2.24) is 14.6 Å². The summed E-state index contributed by atoms with van der Waals surface area (Å²) in [6.07, 6.45) is 0.223. The molecule has 0 saturated carbocycles. The van der Waals surface area contributed by atoms with Crippen molar-refractivity contribution in [3.63, 3.8) is 0 Å². The van der Waals surface area contributed by atoms with Gasteiger partial charge < -0.3 is 19.1 Å². The minimum absolute atomic E-state index is 0.0843. The first-order chi connectivity index (χ1) is 16.4. The van der Waals surface area contributed by atoms with Crippen molar-refractivity contribution in [2.24, 2.45) is 0 Å². The number of ether oxygens (including phenoxy) is 3. The summed E-state index contributed by atoms with van der Waals surface area (Å²) in [5.74, 6) is 1.35. The van der Waals surface area contributed by atoms with Crippen LogP contribution in [0.3, 0.4) is 0 Å². The lowest BCUT2D eigenvalue weighted by atomic mass is 9.41. The Bertz CT molecular complexity index is 1370. The normalized spacial score (nSPS) is 22.7. The summed E-state index contributed by atoms with van der Waals surface area (Å²) in [4.78, 5) is 17.8. The summed E-state index contributed by atoms with van der Waals surface area (Å²) < 4.78 is 33.7. The highest BCUT2D eigenvalue weighted by Gasteiger charge is 2.43. The van der Waals surface area contributed by atoms with Gasteiger partial charge >= 0.3 is 0 Å². The van der Waals surface area contributed by atoms with Crippen LogP contribution in [0.1, 0.15) is 24.0 Å². The molecule has 0 bridgehead atoms. The molecule has 0 aliphatic carbocycles. The maximum Gasteiger partial charge on any atom is 0.274 e. The zero-order chi connectivity index (χ0) is 25.1. The van der Waals surface area contributed by atoms with E-state index >= 15 is 4.39 Å². The molecule has 0 spiro atoms. The summed E-state index contributed by atoms with van der Waals surface area (Å²) in [5, 5.41) is 0.452. The topological polar surface area (TPSA) is 78.2 Å².